The Hall–Kier alpha value is -3.35. The fourth-order valence-electron chi connectivity index (χ4n) is 4.67. The van der Waals surface area contributed by atoms with Gasteiger partial charge in [0.1, 0.15) is 12.6 Å². The molecule has 2 amide bonds. The number of carboxylic acids is 1. The molecule has 1 saturated carbocycles. The summed E-state index contributed by atoms with van der Waals surface area (Å²) in [4.78, 5) is 37.4. The van der Waals surface area contributed by atoms with Gasteiger partial charge in [0.25, 0.3) is 0 Å². The number of fused-ring (bicyclic) bond motifs is 3. The number of benzene rings is 2. The van der Waals surface area contributed by atoms with Gasteiger partial charge >= 0.3 is 12.1 Å². The van der Waals surface area contributed by atoms with Crippen LogP contribution >= 0.6 is 0 Å². The van der Waals surface area contributed by atoms with E-state index in [0.717, 1.165) is 11.1 Å². The molecule has 2 aliphatic carbocycles. The van der Waals surface area contributed by atoms with Crippen molar-refractivity contribution in [1.29, 1.82) is 0 Å². The summed E-state index contributed by atoms with van der Waals surface area (Å²) >= 11 is 0. The molecule has 0 radical (unpaired) electrons. The topological polar surface area (TPSA) is 95.9 Å². The summed E-state index contributed by atoms with van der Waals surface area (Å²) in [5, 5.41) is 12.0. The van der Waals surface area contributed by atoms with E-state index in [1.807, 2.05) is 24.3 Å². The lowest BCUT2D eigenvalue weighted by atomic mass is 9.98. The van der Waals surface area contributed by atoms with Crippen molar-refractivity contribution in [3.8, 4) is 11.1 Å². The molecule has 0 spiro atoms. The Labute approximate surface area is 187 Å². The standard InChI is InChI=1S/C25H28N2O5/c1-3-22(24(29)30)27(2)23(28)20-12-15(20)13-26-25(31)32-14-21-18-10-6-4-8-16(18)17-9-5-7-11-19(17)21/h4-11,15,20-22H,3,12-14H2,1-2H3,(H,26,31)(H,29,30). The Morgan fingerprint density at radius 1 is 1.09 bits per heavy atom. The van der Waals surface area contributed by atoms with Gasteiger partial charge in [0.15, 0.2) is 0 Å². The molecular formula is C25H28N2O5. The fraction of sp³-hybridized carbons (Fsp3) is 0.400. The molecule has 2 aliphatic rings. The van der Waals surface area contributed by atoms with E-state index >= 15 is 0 Å². The lowest BCUT2D eigenvalue weighted by molar-refractivity contribution is -0.149. The van der Waals surface area contributed by atoms with Gasteiger partial charge in [-0.15, -0.1) is 0 Å². The largest absolute Gasteiger partial charge is 0.480 e. The first-order valence-electron chi connectivity index (χ1n) is 11.0. The van der Waals surface area contributed by atoms with Gasteiger partial charge in [-0.05, 0) is 41.0 Å². The molecule has 3 unspecified atom stereocenters. The van der Waals surface area contributed by atoms with Gasteiger partial charge in [-0.25, -0.2) is 9.59 Å². The van der Waals surface area contributed by atoms with Gasteiger partial charge < -0.3 is 20.1 Å². The molecule has 3 atom stereocenters. The third kappa shape index (κ3) is 4.20. The van der Waals surface area contributed by atoms with Crippen LogP contribution in [0.1, 0.15) is 36.8 Å². The van der Waals surface area contributed by atoms with E-state index in [0.29, 0.717) is 19.4 Å². The lowest BCUT2D eigenvalue weighted by Gasteiger charge is -2.24. The minimum absolute atomic E-state index is 0.000883. The van der Waals surface area contributed by atoms with Crippen molar-refractivity contribution >= 4 is 18.0 Å². The van der Waals surface area contributed by atoms with Gasteiger partial charge in [0, 0.05) is 25.4 Å². The van der Waals surface area contributed by atoms with Crippen LogP contribution in [0.15, 0.2) is 48.5 Å². The Morgan fingerprint density at radius 3 is 2.25 bits per heavy atom. The van der Waals surface area contributed by atoms with Crippen molar-refractivity contribution in [2.45, 2.75) is 31.7 Å². The van der Waals surface area contributed by atoms with Crippen LogP contribution in [0.2, 0.25) is 0 Å². The van der Waals surface area contributed by atoms with E-state index in [2.05, 4.69) is 29.6 Å². The molecule has 2 N–H and O–H groups in total. The zero-order valence-electron chi connectivity index (χ0n) is 18.3. The molecule has 0 bridgehead atoms. The van der Waals surface area contributed by atoms with Crippen LogP contribution in [0, 0.1) is 11.8 Å². The Balaban J connectivity index is 1.27. The van der Waals surface area contributed by atoms with E-state index in [9.17, 15) is 19.5 Å². The number of alkyl carbamates (subject to hydrolysis) is 1. The van der Waals surface area contributed by atoms with Gasteiger partial charge in [-0.3, -0.25) is 4.79 Å². The van der Waals surface area contributed by atoms with Crippen molar-refractivity contribution in [2.24, 2.45) is 11.8 Å². The molecule has 2 aromatic rings. The molecule has 0 saturated heterocycles. The highest BCUT2D eigenvalue weighted by molar-refractivity contribution is 5.86. The van der Waals surface area contributed by atoms with Crippen molar-refractivity contribution in [3.05, 3.63) is 59.7 Å². The Morgan fingerprint density at radius 2 is 1.69 bits per heavy atom. The average Bonchev–Trinajstić information content (AvgIpc) is 3.50. The SMILES string of the molecule is CCC(C(=O)O)N(C)C(=O)C1CC1CNC(=O)OCC1c2ccccc2-c2ccccc21. The summed E-state index contributed by atoms with van der Waals surface area (Å²) in [6.07, 6.45) is 0.492. The van der Waals surface area contributed by atoms with Crippen molar-refractivity contribution in [2.75, 3.05) is 20.2 Å². The van der Waals surface area contributed by atoms with Crippen LogP contribution in [0.3, 0.4) is 0 Å². The van der Waals surface area contributed by atoms with E-state index in [1.54, 1.807) is 6.92 Å². The van der Waals surface area contributed by atoms with Gasteiger partial charge in [0.2, 0.25) is 5.91 Å². The predicted molar refractivity (Wildman–Crippen MR) is 119 cm³/mol. The number of nitrogens with zero attached hydrogens (tertiary/aromatic N) is 1. The average molecular weight is 437 g/mol. The number of hydrogen-bond acceptors (Lipinski definition) is 4. The number of likely N-dealkylation sites (N-methyl/N-ethyl adjacent to an activating group) is 1. The molecule has 32 heavy (non-hydrogen) atoms. The monoisotopic (exact) mass is 436 g/mol. The molecule has 1 fully saturated rings. The van der Waals surface area contributed by atoms with Gasteiger partial charge in [-0.2, -0.15) is 0 Å². The maximum absolute atomic E-state index is 12.5. The van der Waals surface area contributed by atoms with Crippen molar-refractivity contribution in [1.82, 2.24) is 10.2 Å². The highest BCUT2D eigenvalue weighted by atomic mass is 16.5. The van der Waals surface area contributed by atoms with Crippen LogP contribution in [-0.2, 0) is 14.3 Å². The number of carbonyl (C=O) groups is 3. The van der Waals surface area contributed by atoms with Crippen LogP contribution in [-0.4, -0.2) is 54.2 Å². The Kier molecular flexibility index (Phi) is 6.17. The van der Waals surface area contributed by atoms with E-state index in [1.165, 1.54) is 23.1 Å². The number of aliphatic carboxylic acids is 1. The van der Waals surface area contributed by atoms with Crippen molar-refractivity contribution in [3.63, 3.8) is 0 Å². The molecular weight excluding hydrogens is 408 g/mol. The first kappa shape index (κ1) is 21.9. The summed E-state index contributed by atoms with van der Waals surface area (Å²) in [5.41, 5.74) is 4.65. The minimum Gasteiger partial charge on any atom is -0.480 e. The number of ether oxygens (including phenoxy) is 1. The first-order valence-corrected chi connectivity index (χ1v) is 11.0. The first-order chi connectivity index (χ1) is 15.4. The highest BCUT2D eigenvalue weighted by Crippen LogP contribution is 2.44. The second kappa shape index (κ2) is 9.02. The molecule has 168 valence electrons. The van der Waals surface area contributed by atoms with Crippen LogP contribution in [0.5, 0.6) is 0 Å². The molecule has 0 aromatic heterocycles. The Bertz CT molecular complexity index is 991. The normalized spacial score (nSPS) is 19.4. The van der Waals surface area contributed by atoms with Gasteiger partial charge in [-0.1, -0.05) is 55.5 Å². The number of nitrogens with one attached hydrogen (secondary N) is 1. The third-order valence-corrected chi connectivity index (χ3v) is 6.58. The molecule has 7 heteroatoms. The quantitative estimate of drug-likeness (QED) is 0.661. The summed E-state index contributed by atoms with van der Waals surface area (Å²) in [5.74, 6) is -1.42. The lowest BCUT2D eigenvalue weighted by Crippen LogP contribution is -2.43. The molecule has 4 rings (SSSR count). The minimum atomic E-state index is -1.00. The number of carboxylic acid groups (broad SMARTS) is 1. The molecule has 7 nitrogen and oxygen atoms in total. The van der Waals surface area contributed by atoms with E-state index in [4.69, 9.17) is 4.74 Å². The molecule has 0 heterocycles. The number of amides is 2. The van der Waals surface area contributed by atoms with Crippen molar-refractivity contribution < 1.29 is 24.2 Å². The maximum Gasteiger partial charge on any atom is 0.407 e. The predicted octanol–water partition coefficient (Wildman–Crippen LogP) is 3.48. The number of hydrogen-bond donors (Lipinski definition) is 2. The fourth-order valence-corrected chi connectivity index (χ4v) is 4.67. The van der Waals surface area contributed by atoms with Gasteiger partial charge in [0.05, 0.1) is 0 Å². The number of carbonyl (C=O) groups excluding carboxylic acids is 2. The summed E-state index contributed by atoms with van der Waals surface area (Å²) in [7, 11) is 1.53. The number of rotatable bonds is 8. The zero-order valence-corrected chi connectivity index (χ0v) is 18.3. The summed E-state index contributed by atoms with van der Waals surface area (Å²) in [6.45, 7) is 2.32. The highest BCUT2D eigenvalue weighted by Gasteiger charge is 2.45. The molecule has 0 aliphatic heterocycles. The maximum atomic E-state index is 12.5. The van der Waals surface area contributed by atoms with Crippen LogP contribution in [0.25, 0.3) is 11.1 Å². The second-order valence-corrected chi connectivity index (χ2v) is 8.52. The third-order valence-electron chi connectivity index (χ3n) is 6.58. The summed E-state index contributed by atoms with van der Waals surface area (Å²) in [6, 6.07) is 15.5. The van der Waals surface area contributed by atoms with E-state index < -0.39 is 18.1 Å². The summed E-state index contributed by atoms with van der Waals surface area (Å²) < 4.78 is 5.53. The smallest absolute Gasteiger partial charge is 0.407 e. The van der Waals surface area contributed by atoms with Crippen LogP contribution in [0.4, 0.5) is 4.79 Å². The van der Waals surface area contributed by atoms with E-state index in [-0.39, 0.29) is 30.3 Å². The van der Waals surface area contributed by atoms with Crippen LogP contribution < -0.4 is 5.32 Å². The zero-order chi connectivity index (χ0) is 22.8. The second-order valence-electron chi connectivity index (χ2n) is 8.52. The molecule has 2 aromatic carbocycles.